The van der Waals surface area contributed by atoms with E-state index in [4.69, 9.17) is 16.4 Å². The summed E-state index contributed by atoms with van der Waals surface area (Å²) in [5.41, 5.74) is 6.36. The van der Waals surface area contributed by atoms with Gasteiger partial charge in [0, 0.05) is 0 Å². The molecule has 0 fully saturated rings. The van der Waals surface area contributed by atoms with E-state index < -0.39 is 109 Å². The molecule has 0 heterocycles. The molecule has 0 saturated heterocycles. The van der Waals surface area contributed by atoms with Gasteiger partial charge in [0.05, 0.1) is 24.7 Å². The van der Waals surface area contributed by atoms with Gasteiger partial charge in [-0.15, -0.1) is 0 Å². The van der Waals surface area contributed by atoms with Gasteiger partial charge in [-0.2, -0.15) is 0 Å². The minimum absolute atomic E-state index is 0.00774. The monoisotopic (exact) mass is 1000 g/mol. The van der Waals surface area contributed by atoms with Gasteiger partial charge in [-0.1, -0.05) is 266 Å². The maximum atomic E-state index is 9.48. The molecule has 0 saturated carbocycles. The van der Waals surface area contributed by atoms with E-state index >= 15 is 0 Å². The molecule has 0 N–H and O–H groups in total. The highest BCUT2D eigenvalue weighted by Gasteiger charge is 2.20. The van der Waals surface area contributed by atoms with Gasteiger partial charge in [0.1, 0.15) is 0 Å². The Hall–Kier alpha value is -10.1. The van der Waals surface area contributed by atoms with E-state index in [2.05, 4.69) is 133 Å². The summed E-state index contributed by atoms with van der Waals surface area (Å²) in [5, 5.41) is 8.74. The van der Waals surface area contributed by atoms with Crippen molar-refractivity contribution in [3.63, 3.8) is 0 Å². The number of rotatable bonds is 5. The van der Waals surface area contributed by atoms with Crippen molar-refractivity contribution in [1.82, 2.24) is 0 Å². The molecule has 0 bridgehead atoms. The first-order chi connectivity index (χ1) is 46.2. The molecule has 0 nitrogen and oxygen atoms in total. The Kier molecular flexibility index (Phi) is 6.78. The first kappa shape index (κ1) is 29.8. The van der Waals surface area contributed by atoms with Gasteiger partial charge in [-0.3, -0.25) is 0 Å². The Morgan fingerprint density at radius 3 is 1.18 bits per heavy atom. The van der Waals surface area contributed by atoms with Crippen molar-refractivity contribution in [1.29, 1.82) is 0 Å². The average molecular weight is 1000 g/mol. The van der Waals surface area contributed by atoms with Crippen LogP contribution in [0.4, 0.5) is 0 Å². The summed E-state index contributed by atoms with van der Waals surface area (Å²) < 4.78 is 162. The fourth-order valence-corrected chi connectivity index (χ4v) is 11.8. The van der Waals surface area contributed by atoms with E-state index in [1.165, 1.54) is 71.4 Å². The Morgan fingerprint density at radius 1 is 0.192 bits per heavy atom. The highest BCUT2D eigenvalue weighted by atomic mass is 14.2. The third-order valence-electron chi connectivity index (χ3n) is 15.3. The quantitative estimate of drug-likeness (QED) is 0.119. The molecule has 17 aromatic rings. The summed E-state index contributed by atoms with van der Waals surface area (Å²) in [5.74, 6) is 0. The fraction of sp³-hybridized carbons (Fsp3) is 0. The highest BCUT2D eigenvalue weighted by Crippen LogP contribution is 2.47. The standard InChI is InChI=1S/C44H26.C34H22/c1-2-6-27(7-3-1)34-24-35(37-20-16-32-14-12-28-8-4-10-30-18-22-39(37)43(32)41(28)30)26-36(25-34)38-21-17-33-15-13-29-9-5-11-31-19-23-40(38)44(33)42(29)31;1-2-12-25-22-26(21-20-23(25)10-1)33-29-15-5-7-17-31(29)34(32-18-8-6-16-30(32)33)28-19-9-13-24-11-3-4-14-27(24)28/h1-26H;1-22H/i4D,5D,8D,9D,10D,11D,12D,13D,14D,15D,16D,17D,18D,19D,20D,21D,22D,23D;. The van der Waals surface area contributed by atoms with Gasteiger partial charge in [-0.25, -0.2) is 0 Å². The third-order valence-corrected chi connectivity index (χ3v) is 15.3. The number of fused-ring (bicyclic) bond motifs is 4. The molecule has 0 amide bonds. The van der Waals surface area contributed by atoms with Crippen LogP contribution in [0.5, 0.6) is 0 Å². The van der Waals surface area contributed by atoms with E-state index in [-0.39, 0.29) is 86.9 Å². The van der Waals surface area contributed by atoms with Gasteiger partial charge in [-0.05, 0) is 188 Å². The van der Waals surface area contributed by atoms with Gasteiger partial charge in [0.2, 0.25) is 0 Å². The molecule has 0 atom stereocenters. The zero-order valence-corrected chi connectivity index (χ0v) is 41.3. The second-order valence-corrected chi connectivity index (χ2v) is 19.6. The highest BCUT2D eigenvalue weighted by molar-refractivity contribution is 6.28. The SMILES string of the molecule is [2H]c1c([2H])c2c([2H])c([2H])c3c([2H])c([2H])c(-c4cc(-c5ccccc5)cc(-c5c([2H])c([2H])c6c([2H])c([2H])c7c([2H])c([2H])c([2H])c8c([2H])c([2H])c5c6c78)c4)c4c([2H])c([2H])c(c1[2H])c2c34.c1ccc2cc(-c3c4ccccc4c(-c4cccc5ccccc45)c4ccccc34)ccc2c1. The van der Waals surface area contributed by atoms with Crippen molar-refractivity contribution in [3.05, 3.63) is 291 Å². The third kappa shape index (κ3) is 7.01. The van der Waals surface area contributed by atoms with Crippen LogP contribution in [-0.2, 0) is 0 Å². The van der Waals surface area contributed by atoms with Gasteiger partial charge < -0.3 is 0 Å². The lowest BCUT2D eigenvalue weighted by Crippen LogP contribution is -1.91. The van der Waals surface area contributed by atoms with Crippen molar-refractivity contribution in [2.75, 3.05) is 0 Å². The van der Waals surface area contributed by atoms with Crippen LogP contribution < -0.4 is 0 Å². The molecule has 78 heavy (non-hydrogen) atoms. The normalized spacial score (nSPS) is 15.1. The van der Waals surface area contributed by atoms with Crippen LogP contribution in [0, 0.1) is 0 Å². The van der Waals surface area contributed by atoms with E-state index in [9.17, 15) is 8.22 Å². The van der Waals surface area contributed by atoms with Crippen LogP contribution in [0.15, 0.2) is 291 Å². The molecule has 0 aliphatic carbocycles. The Balaban J connectivity index is 0.000000178. The summed E-state index contributed by atoms with van der Waals surface area (Å²) in [6, 6.07) is 52.7. The minimum Gasteiger partial charge on any atom is -0.0622 e. The zero-order valence-electron chi connectivity index (χ0n) is 59.3. The van der Waals surface area contributed by atoms with Gasteiger partial charge in [0.15, 0.2) is 0 Å². The molecule has 17 rings (SSSR count). The first-order valence-corrected chi connectivity index (χ1v) is 25.7. The summed E-state index contributed by atoms with van der Waals surface area (Å²) >= 11 is 0. The minimum atomic E-state index is -0.600. The smallest absolute Gasteiger partial charge is 0.0622 e. The zero-order chi connectivity index (χ0) is 66.9. The average Bonchev–Trinajstić information content (AvgIpc) is 0.695. The number of hydrogen-bond donors (Lipinski definition) is 0. The fourth-order valence-electron chi connectivity index (χ4n) is 11.8. The number of hydrogen-bond acceptors (Lipinski definition) is 0. The molecule has 360 valence electrons. The largest absolute Gasteiger partial charge is 0.0630 e. The van der Waals surface area contributed by atoms with Crippen molar-refractivity contribution < 1.29 is 24.7 Å². The molecule has 0 heteroatoms. The predicted octanol–water partition coefficient (Wildman–Crippen LogP) is 22.1. The molecule has 0 aliphatic heterocycles. The van der Waals surface area contributed by atoms with E-state index in [1.54, 1.807) is 42.5 Å². The van der Waals surface area contributed by atoms with E-state index in [0.29, 0.717) is 11.1 Å². The first-order valence-electron chi connectivity index (χ1n) is 34.7. The van der Waals surface area contributed by atoms with Crippen LogP contribution in [0.3, 0.4) is 0 Å². The summed E-state index contributed by atoms with van der Waals surface area (Å²) in [6.07, 6.45) is 0. The Morgan fingerprint density at radius 2 is 0.615 bits per heavy atom. The van der Waals surface area contributed by atoms with Crippen molar-refractivity contribution in [2.45, 2.75) is 0 Å². The molecule has 17 aromatic carbocycles. The van der Waals surface area contributed by atoms with Crippen LogP contribution >= 0.6 is 0 Å². The van der Waals surface area contributed by atoms with E-state index in [1.807, 2.05) is 0 Å². The van der Waals surface area contributed by atoms with Crippen LogP contribution in [-0.4, -0.2) is 0 Å². The Bertz CT molecular complexity index is 5970. The van der Waals surface area contributed by atoms with Gasteiger partial charge >= 0.3 is 0 Å². The van der Waals surface area contributed by atoms with Crippen LogP contribution in [0.25, 0.3) is 163 Å². The topological polar surface area (TPSA) is 0 Å². The molecule has 0 spiro atoms. The van der Waals surface area contributed by atoms with Crippen molar-refractivity contribution in [3.8, 4) is 55.6 Å². The molecular weight excluding hydrogens is 937 g/mol. The van der Waals surface area contributed by atoms with Crippen molar-refractivity contribution >= 4 is 108 Å². The lowest BCUT2D eigenvalue weighted by atomic mass is 9.84. The summed E-state index contributed by atoms with van der Waals surface area (Å²) in [7, 11) is 0. The lowest BCUT2D eigenvalue weighted by molar-refractivity contribution is 1.59. The Labute approximate surface area is 477 Å². The van der Waals surface area contributed by atoms with E-state index in [0.717, 1.165) is 0 Å². The molecule has 0 aromatic heterocycles. The number of benzene rings is 17. The molecular formula is C78H48. The second kappa shape index (κ2) is 17.7. The maximum Gasteiger partial charge on any atom is 0.0630 e. The lowest BCUT2D eigenvalue weighted by Gasteiger charge is -2.19. The predicted molar refractivity (Wildman–Crippen MR) is 337 cm³/mol. The summed E-state index contributed by atoms with van der Waals surface area (Å²) in [6.45, 7) is 0. The summed E-state index contributed by atoms with van der Waals surface area (Å²) in [4.78, 5) is 0. The molecule has 0 radical (unpaired) electrons. The second-order valence-electron chi connectivity index (χ2n) is 19.6. The van der Waals surface area contributed by atoms with Crippen LogP contribution in [0.2, 0.25) is 0 Å². The van der Waals surface area contributed by atoms with Gasteiger partial charge in [0.25, 0.3) is 0 Å². The maximum absolute atomic E-state index is 9.48. The van der Waals surface area contributed by atoms with Crippen LogP contribution in [0.1, 0.15) is 24.7 Å². The van der Waals surface area contributed by atoms with Crippen molar-refractivity contribution in [2.24, 2.45) is 0 Å². The molecule has 0 unspecified atom stereocenters. The molecule has 0 aliphatic rings.